The van der Waals surface area contributed by atoms with Gasteiger partial charge in [-0.2, -0.15) is 0 Å². The third kappa shape index (κ3) is 3.81. The minimum atomic E-state index is -1.23. The van der Waals surface area contributed by atoms with Crippen LogP contribution >= 0.6 is 0 Å². The van der Waals surface area contributed by atoms with Crippen molar-refractivity contribution < 1.29 is 18.5 Å². The second kappa shape index (κ2) is 5.84. The second-order valence-electron chi connectivity index (χ2n) is 4.01. The topological polar surface area (TPSA) is 67.5 Å². The van der Waals surface area contributed by atoms with Gasteiger partial charge in [-0.1, -0.05) is 20.3 Å². The Morgan fingerprint density at radius 3 is 2.69 bits per heavy atom. The predicted molar refractivity (Wildman–Crippen MR) is 61.0 cm³/mol. The van der Waals surface area contributed by atoms with Crippen molar-refractivity contribution in [3.8, 4) is 0 Å². The number of carboxylic acid groups (broad SMARTS) is 1. The fraction of sp³-hybridized carbons (Fsp3) is 0.545. The van der Waals surface area contributed by atoms with Gasteiger partial charge in [-0.25, -0.2) is 4.79 Å². The van der Waals surface area contributed by atoms with E-state index in [1.165, 1.54) is 12.1 Å². The van der Waals surface area contributed by atoms with E-state index in [4.69, 9.17) is 9.52 Å². The zero-order valence-corrected chi connectivity index (χ0v) is 10.3. The van der Waals surface area contributed by atoms with Crippen LogP contribution in [0.5, 0.6) is 0 Å². The Labute approximate surface area is 97.1 Å². The number of furan rings is 1. The molecular weight excluding hydrogens is 228 g/mol. The van der Waals surface area contributed by atoms with Crippen LogP contribution in [-0.4, -0.2) is 21.0 Å². The Balaban J connectivity index is 2.50. The predicted octanol–water partition coefficient (Wildman–Crippen LogP) is 2.52. The van der Waals surface area contributed by atoms with Crippen LogP contribution in [0.4, 0.5) is 0 Å². The summed E-state index contributed by atoms with van der Waals surface area (Å²) < 4.78 is 16.7. The number of hydrogen-bond acceptors (Lipinski definition) is 3. The summed E-state index contributed by atoms with van der Waals surface area (Å²) in [6.07, 6.45) is 1.87. The number of carbonyl (C=O) groups is 1. The Kier molecular flexibility index (Phi) is 4.73. The van der Waals surface area contributed by atoms with E-state index in [1.54, 1.807) is 0 Å². The molecule has 1 heterocycles. The van der Waals surface area contributed by atoms with Crippen LogP contribution in [0.1, 0.15) is 37.2 Å². The van der Waals surface area contributed by atoms with Crippen LogP contribution in [0.15, 0.2) is 21.6 Å². The zero-order valence-electron chi connectivity index (χ0n) is 9.43. The van der Waals surface area contributed by atoms with E-state index in [1.807, 2.05) is 0 Å². The van der Waals surface area contributed by atoms with Gasteiger partial charge in [-0.3, -0.25) is 4.21 Å². The lowest BCUT2D eigenvalue weighted by molar-refractivity contribution is 0.0656. The number of rotatable bonds is 6. The molecule has 0 aliphatic rings. The standard InChI is InChI=1S/C11H16O4S/c1-8(2)4-3-7-16(14)10-6-5-9(15-10)11(12)13/h5-6,8H,3-4,7H2,1-2H3,(H,12,13). The van der Waals surface area contributed by atoms with Crippen LogP contribution in [-0.2, 0) is 10.8 Å². The van der Waals surface area contributed by atoms with Crippen LogP contribution in [0, 0.1) is 5.92 Å². The summed E-state index contributed by atoms with van der Waals surface area (Å²) in [5.41, 5.74) is 0. The molecule has 1 atom stereocenters. The van der Waals surface area contributed by atoms with Gasteiger partial charge < -0.3 is 9.52 Å². The van der Waals surface area contributed by atoms with Gasteiger partial charge in [0.05, 0.1) is 10.8 Å². The molecule has 1 aromatic heterocycles. The summed E-state index contributed by atoms with van der Waals surface area (Å²) in [7, 11) is -1.23. The van der Waals surface area contributed by atoms with Crippen molar-refractivity contribution in [1.82, 2.24) is 0 Å². The molecule has 5 heteroatoms. The third-order valence-corrected chi connectivity index (χ3v) is 3.46. The molecule has 0 saturated carbocycles. The van der Waals surface area contributed by atoms with Gasteiger partial charge in [-0.15, -0.1) is 0 Å². The molecule has 90 valence electrons. The first kappa shape index (κ1) is 13.0. The lowest BCUT2D eigenvalue weighted by Crippen LogP contribution is -1.99. The van der Waals surface area contributed by atoms with Gasteiger partial charge in [0.2, 0.25) is 5.76 Å². The van der Waals surface area contributed by atoms with E-state index in [2.05, 4.69) is 13.8 Å². The maximum atomic E-state index is 11.7. The molecule has 1 aromatic rings. The minimum Gasteiger partial charge on any atom is -0.475 e. The summed E-state index contributed by atoms with van der Waals surface area (Å²) in [6.45, 7) is 4.22. The van der Waals surface area contributed by atoms with Gasteiger partial charge in [0.1, 0.15) is 0 Å². The van der Waals surface area contributed by atoms with E-state index in [0.717, 1.165) is 12.8 Å². The average molecular weight is 244 g/mol. The summed E-state index contributed by atoms with van der Waals surface area (Å²) in [5, 5.41) is 8.89. The van der Waals surface area contributed by atoms with Crippen LogP contribution < -0.4 is 0 Å². The van der Waals surface area contributed by atoms with E-state index >= 15 is 0 Å². The highest BCUT2D eigenvalue weighted by molar-refractivity contribution is 7.84. The highest BCUT2D eigenvalue weighted by Gasteiger charge is 2.13. The summed E-state index contributed by atoms with van der Waals surface area (Å²) in [4.78, 5) is 10.5. The van der Waals surface area contributed by atoms with Gasteiger partial charge in [-0.05, 0) is 24.5 Å². The molecule has 0 bridgehead atoms. The fourth-order valence-corrected chi connectivity index (χ4v) is 2.31. The smallest absolute Gasteiger partial charge is 0.371 e. The molecule has 16 heavy (non-hydrogen) atoms. The molecule has 0 spiro atoms. The van der Waals surface area contributed by atoms with E-state index in [9.17, 15) is 9.00 Å². The SMILES string of the molecule is CC(C)CCCS(=O)c1ccc(C(=O)O)o1. The van der Waals surface area contributed by atoms with E-state index < -0.39 is 16.8 Å². The molecule has 1 unspecified atom stereocenters. The van der Waals surface area contributed by atoms with Gasteiger partial charge in [0, 0.05) is 5.75 Å². The highest BCUT2D eigenvalue weighted by Crippen LogP contribution is 2.14. The Hall–Kier alpha value is -1.10. The van der Waals surface area contributed by atoms with Crippen molar-refractivity contribution >= 4 is 16.8 Å². The summed E-state index contributed by atoms with van der Waals surface area (Å²) in [5.74, 6) is -0.189. The Morgan fingerprint density at radius 2 is 2.19 bits per heavy atom. The monoisotopic (exact) mass is 244 g/mol. The summed E-state index contributed by atoms with van der Waals surface area (Å²) >= 11 is 0. The van der Waals surface area contributed by atoms with Crippen molar-refractivity contribution in [2.75, 3.05) is 5.75 Å². The maximum absolute atomic E-state index is 11.7. The van der Waals surface area contributed by atoms with Crippen molar-refractivity contribution in [2.24, 2.45) is 5.92 Å². The fourth-order valence-electron chi connectivity index (χ4n) is 1.28. The lowest BCUT2D eigenvalue weighted by atomic mass is 10.1. The zero-order chi connectivity index (χ0) is 12.1. The first-order chi connectivity index (χ1) is 7.50. The van der Waals surface area contributed by atoms with Gasteiger partial charge >= 0.3 is 5.97 Å². The van der Waals surface area contributed by atoms with Crippen molar-refractivity contribution in [1.29, 1.82) is 0 Å². The molecule has 4 nitrogen and oxygen atoms in total. The highest BCUT2D eigenvalue weighted by atomic mass is 32.2. The van der Waals surface area contributed by atoms with Crippen LogP contribution in [0.25, 0.3) is 0 Å². The number of carboxylic acids is 1. The van der Waals surface area contributed by atoms with E-state index in [0.29, 0.717) is 11.7 Å². The molecule has 0 aromatic carbocycles. The molecular formula is C11H16O4S. The molecule has 0 amide bonds. The molecule has 0 saturated heterocycles. The average Bonchev–Trinajstić information content (AvgIpc) is 2.65. The molecule has 1 N–H and O–H groups in total. The molecule has 0 radical (unpaired) electrons. The lowest BCUT2D eigenvalue weighted by Gasteiger charge is -2.02. The van der Waals surface area contributed by atoms with Gasteiger partial charge in [0.25, 0.3) is 0 Å². The molecule has 1 rings (SSSR count). The van der Waals surface area contributed by atoms with Crippen LogP contribution in [0.2, 0.25) is 0 Å². The third-order valence-electron chi connectivity index (χ3n) is 2.13. The second-order valence-corrected chi connectivity index (χ2v) is 5.51. The molecule has 0 aliphatic carbocycles. The maximum Gasteiger partial charge on any atom is 0.371 e. The number of aromatic carboxylic acids is 1. The minimum absolute atomic E-state index is 0.160. The summed E-state index contributed by atoms with van der Waals surface area (Å²) in [6, 6.07) is 2.80. The number of hydrogen-bond donors (Lipinski definition) is 1. The Morgan fingerprint density at radius 1 is 1.50 bits per heavy atom. The Bertz CT molecular complexity index is 381. The first-order valence-electron chi connectivity index (χ1n) is 5.22. The van der Waals surface area contributed by atoms with Gasteiger partial charge in [0.15, 0.2) is 5.09 Å². The van der Waals surface area contributed by atoms with E-state index in [-0.39, 0.29) is 10.9 Å². The van der Waals surface area contributed by atoms with Crippen LogP contribution in [0.3, 0.4) is 0 Å². The largest absolute Gasteiger partial charge is 0.475 e. The first-order valence-corrected chi connectivity index (χ1v) is 6.54. The van der Waals surface area contributed by atoms with Crippen molar-refractivity contribution in [2.45, 2.75) is 31.8 Å². The molecule has 0 fully saturated rings. The molecule has 0 aliphatic heterocycles. The van der Waals surface area contributed by atoms with Crippen molar-refractivity contribution in [3.63, 3.8) is 0 Å². The van der Waals surface area contributed by atoms with Crippen molar-refractivity contribution in [3.05, 3.63) is 17.9 Å². The quantitative estimate of drug-likeness (QED) is 0.835. The normalized spacial score (nSPS) is 12.9.